The molecule has 9 heavy (non-hydrogen) atoms. The lowest BCUT2D eigenvalue weighted by Crippen LogP contribution is -2.08. The lowest BCUT2D eigenvalue weighted by atomic mass is 10.3. The Hall–Kier alpha value is -1.06. The first-order chi connectivity index (χ1) is 4.30. The molecule has 1 aliphatic heterocycles. The van der Waals surface area contributed by atoms with Crippen molar-refractivity contribution in [3.63, 3.8) is 0 Å². The van der Waals surface area contributed by atoms with E-state index in [1.54, 1.807) is 0 Å². The summed E-state index contributed by atoms with van der Waals surface area (Å²) in [5.41, 5.74) is 0. The zero-order chi connectivity index (χ0) is 6.69. The van der Waals surface area contributed by atoms with Crippen LogP contribution in [0.3, 0.4) is 0 Å². The van der Waals surface area contributed by atoms with Gasteiger partial charge in [0.15, 0.2) is 0 Å². The van der Waals surface area contributed by atoms with Crippen LogP contribution < -0.4 is 0 Å². The van der Waals surface area contributed by atoms with Gasteiger partial charge in [-0.05, 0) is 12.8 Å². The van der Waals surface area contributed by atoms with Crippen molar-refractivity contribution < 1.29 is 9.66 Å². The Labute approximate surface area is 52.3 Å². The summed E-state index contributed by atoms with van der Waals surface area (Å²) in [6.45, 7) is 0.479. The fourth-order valence-electron chi connectivity index (χ4n) is 0.672. The van der Waals surface area contributed by atoms with Gasteiger partial charge in [-0.2, -0.15) is 0 Å². The van der Waals surface area contributed by atoms with E-state index in [-0.39, 0.29) is 5.88 Å². The van der Waals surface area contributed by atoms with E-state index in [9.17, 15) is 10.1 Å². The van der Waals surface area contributed by atoms with Gasteiger partial charge >= 0.3 is 5.88 Å². The Morgan fingerprint density at radius 1 is 1.78 bits per heavy atom. The van der Waals surface area contributed by atoms with Crippen molar-refractivity contribution in [3.05, 3.63) is 22.1 Å². The second kappa shape index (κ2) is 2.48. The molecule has 0 N–H and O–H groups in total. The van der Waals surface area contributed by atoms with Crippen LogP contribution in [-0.2, 0) is 4.74 Å². The minimum absolute atomic E-state index is 0.0961. The second-order valence-corrected chi connectivity index (χ2v) is 1.79. The third-order valence-electron chi connectivity index (χ3n) is 1.10. The molecule has 4 nitrogen and oxygen atoms in total. The van der Waals surface area contributed by atoms with E-state index in [0.29, 0.717) is 6.61 Å². The molecule has 1 heterocycles. The molecule has 0 fully saturated rings. The van der Waals surface area contributed by atoms with E-state index < -0.39 is 4.92 Å². The van der Waals surface area contributed by atoms with Crippen LogP contribution in [0.2, 0.25) is 0 Å². The minimum atomic E-state index is -0.501. The van der Waals surface area contributed by atoms with Crippen LogP contribution in [0.15, 0.2) is 12.0 Å². The van der Waals surface area contributed by atoms with E-state index in [1.165, 1.54) is 6.08 Å². The van der Waals surface area contributed by atoms with Gasteiger partial charge in [0.2, 0.25) is 0 Å². The fourth-order valence-corrected chi connectivity index (χ4v) is 0.672. The predicted octanol–water partition coefficient (Wildman–Crippen LogP) is 0.915. The maximum absolute atomic E-state index is 9.97. The molecular formula is C5H7NO3. The van der Waals surface area contributed by atoms with Gasteiger partial charge in [0, 0.05) is 6.08 Å². The summed E-state index contributed by atoms with van der Waals surface area (Å²) in [7, 11) is 0. The van der Waals surface area contributed by atoms with E-state index in [1.807, 2.05) is 0 Å². The van der Waals surface area contributed by atoms with Gasteiger partial charge in [-0.1, -0.05) is 0 Å². The van der Waals surface area contributed by atoms with Gasteiger partial charge in [0.1, 0.15) is 4.92 Å². The van der Waals surface area contributed by atoms with Crippen LogP contribution in [0.25, 0.3) is 0 Å². The number of hydrogen-bond acceptors (Lipinski definition) is 3. The standard InChI is InChI=1S/C5H7NO3/c7-6(8)5-3-1-2-4-9-5/h3H,1-2,4H2. The van der Waals surface area contributed by atoms with Gasteiger partial charge in [0.25, 0.3) is 0 Å². The quantitative estimate of drug-likeness (QED) is 0.390. The Balaban J connectivity index is 2.57. The summed E-state index contributed by atoms with van der Waals surface area (Å²) in [6, 6.07) is 0. The Bertz CT molecular complexity index is 152. The fraction of sp³-hybridized carbons (Fsp3) is 0.600. The number of nitrogens with zero attached hydrogens (tertiary/aromatic N) is 1. The normalized spacial score (nSPS) is 18.0. The SMILES string of the molecule is O=[N+]([O-])C1=CCCCO1. The third-order valence-corrected chi connectivity index (χ3v) is 1.10. The summed E-state index contributed by atoms with van der Waals surface area (Å²) in [6.07, 6.45) is 3.15. The van der Waals surface area contributed by atoms with E-state index in [4.69, 9.17) is 4.74 Å². The molecule has 0 unspecified atom stereocenters. The first-order valence-electron chi connectivity index (χ1n) is 2.78. The molecule has 1 rings (SSSR count). The number of allylic oxidation sites excluding steroid dienone is 1. The Morgan fingerprint density at radius 3 is 2.89 bits per heavy atom. The van der Waals surface area contributed by atoms with E-state index in [0.717, 1.165) is 12.8 Å². The molecule has 0 aromatic heterocycles. The second-order valence-electron chi connectivity index (χ2n) is 1.79. The molecule has 0 bridgehead atoms. The zero-order valence-corrected chi connectivity index (χ0v) is 4.87. The lowest BCUT2D eigenvalue weighted by Gasteiger charge is -2.05. The van der Waals surface area contributed by atoms with Gasteiger partial charge in [-0.15, -0.1) is 0 Å². The smallest absolute Gasteiger partial charge is 0.423 e. The van der Waals surface area contributed by atoms with Crippen molar-refractivity contribution in [3.8, 4) is 0 Å². The summed E-state index contributed by atoms with van der Waals surface area (Å²) in [4.78, 5) is 9.47. The molecule has 0 amide bonds. The van der Waals surface area contributed by atoms with E-state index >= 15 is 0 Å². The van der Waals surface area contributed by atoms with Gasteiger partial charge in [-0.25, -0.2) is 0 Å². The largest absolute Gasteiger partial charge is 0.441 e. The van der Waals surface area contributed by atoms with Crippen LogP contribution in [0, 0.1) is 10.1 Å². The van der Waals surface area contributed by atoms with Crippen molar-refractivity contribution in [2.24, 2.45) is 0 Å². The minimum Gasteiger partial charge on any atom is -0.441 e. The maximum Gasteiger partial charge on any atom is 0.423 e. The predicted molar refractivity (Wildman–Crippen MR) is 30.3 cm³/mol. The summed E-state index contributed by atoms with van der Waals surface area (Å²) < 4.78 is 4.70. The first-order valence-corrected chi connectivity index (χ1v) is 2.78. The number of hydrogen-bond donors (Lipinski definition) is 0. The molecule has 0 atom stereocenters. The highest BCUT2D eigenvalue weighted by Crippen LogP contribution is 2.08. The van der Waals surface area contributed by atoms with Crippen molar-refractivity contribution in [1.82, 2.24) is 0 Å². The van der Waals surface area contributed by atoms with E-state index in [2.05, 4.69) is 0 Å². The Morgan fingerprint density at radius 2 is 2.56 bits per heavy atom. The molecule has 0 radical (unpaired) electrons. The maximum atomic E-state index is 9.97. The summed E-state index contributed by atoms with van der Waals surface area (Å²) in [5.74, 6) is -0.0961. The van der Waals surface area contributed by atoms with Crippen LogP contribution in [0.4, 0.5) is 0 Å². The van der Waals surface area contributed by atoms with Crippen LogP contribution in [0.1, 0.15) is 12.8 Å². The molecular weight excluding hydrogens is 122 g/mol. The number of rotatable bonds is 1. The average molecular weight is 129 g/mol. The van der Waals surface area contributed by atoms with Crippen LogP contribution in [0.5, 0.6) is 0 Å². The highest BCUT2D eigenvalue weighted by atomic mass is 16.7. The molecule has 0 aromatic carbocycles. The third kappa shape index (κ3) is 1.42. The topological polar surface area (TPSA) is 52.4 Å². The molecule has 1 aliphatic rings. The zero-order valence-electron chi connectivity index (χ0n) is 4.87. The van der Waals surface area contributed by atoms with Crippen LogP contribution >= 0.6 is 0 Å². The number of nitro groups is 1. The van der Waals surface area contributed by atoms with Crippen molar-refractivity contribution >= 4 is 0 Å². The molecule has 0 saturated carbocycles. The van der Waals surface area contributed by atoms with Crippen LogP contribution in [-0.4, -0.2) is 11.5 Å². The van der Waals surface area contributed by atoms with Gasteiger partial charge in [0.05, 0.1) is 6.61 Å². The lowest BCUT2D eigenvalue weighted by molar-refractivity contribution is -0.465. The monoisotopic (exact) mass is 129 g/mol. The molecule has 0 aromatic rings. The molecule has 0 spiro atoms. The number of ether oxygens (including phenoxy) is 1. The summed E-state index contributed by atoms with van der Waals surface area (Å²) in [5, 5.41) is 9.97. The molecule has 0 aliphatic carbocycles. The molecule has 0 saturated heterocycles. The first kappa shape index (κ1) is 6.07. The van der Waals surface area contributed by atoms with Crippen molar-refractivity contribution in [1.29, 1.82) is 0 Å². The summed E-state index contributed by atoms with van der Waals surface area (Å²) >= 11 is 0. The molecule has 50 valence electrons. The van der Waals surface area contributed by atoms with Crippen molar-refractivity contribution in [2.75, 3.05) is 6.61 Å². The average Bonchev–Trinajstić information content (AvgIpc) is 1.90. The highest BCUT2D eigenvalue weighted by molar-refractivity contribution is 4.85. The Kier molecular flexibility index (Phi) is 1.67. The van der Waals surface area contributed by atoms with Crippen molar-refractivity contribution in [2.45, 2.75) is 12.8 Å². The van der Waals surface area contributed by atoms with Gasteiger partial charge < -0.3 is 4.74 Å². The van der Waals surface area contributed by atoms with Gasteiger partial charge in [-0.3, -0.25) is 10.1 Å². The molecule has 4 heteroatoms. The highest BCUT2D eigenvalue weighted by Gasteiger charge is 2.13.